The average molecular weight is 366 g/mol. The number of carbonyl (C=O) groups is 1. The third-order valence-corrected chi connectivity index (χ3v) is 4.89. The van der Waals surface area contributed by atoms with Crippen molar-refractivity contribution in [1.29, 1.82) is 0 Å². The molecule has 0 saturated heterocycles. The number of nitrogens with zero attached hydrogens (tertiary/aromatic N) is 2. The van der Waals surface area contributed by atoms with Crippen LogP contribution in [0.25, 0.3) is 0 Å². The van der Waals surface area contributed by atoms with Crippen LogP contribution in [-0.2, 0) is 16.1 Å². The average Bonchev–Trinajstić information content (AvgIpc) is 3.02. The molecular weight excluding hydrogens is 330 g/mol. The third kappa shape index (κ3) is 7.44. The maximum atomic E-state index is 12.3. The fourth-order valence-electron chi connectivity index (χ4n) is 3.69. The number of esters is 1. The van der Waals surface area contributed by atoms with E-state index in [1.807, 2.05) is 27.8 Å². The lowest BCUT2D eigenvalue weighted by Crippen LogP contribution is -2.25. The Balaban J connectivity index is 1.94. The van der Waals surface area contributed by atoms with E-state index < -0.39 is 5.60 Å². The minimum absolute atomic E-state index is 0.0634. The van der Waals surface area contributed by atoms with Crippen LogP contribution in [0.3, 0.4) is 0 Å². The normalized spacial score (nSPS) is 17.2. The van der Waals surface area contributed by atoms with Gasteiger partial charge in [-0.05, 0) is 40.2 Å². The second-order valence-electron chi connectivity index (χ2n) is 8.50. The van der Waals surface area contributed by atoms with E-state index in [0.717, 1.165) is 18.8 Å². The van der Waals surface area contributed by atoms with Crippen LogP contribution < -0.4 is 5.32 Å². The third-order valence-electron chi connectivity index (χ3n) is 4.89. The van der Waals surface area contributed by atoms with Crippen molar-refractivity contribution in [3.63, 3.8) is 0 Å². The van der Waals surface area contributed by atoms with E-state index in [-0.39, 0.29) is 11.9 Å². The first-order valence-corrected chi connectivity index (χ1v) is 10.1. The molecule has 0 aromatic carbocycles. The highest BCUT2D eigenvalue weighted by Crippen LogP contribution is 2.31. The van der Waals surface area contributed by atoms with Crippen LogP contribution in [0.1, 0.15) is 96.2 Å². The largest absolute Gasteiger partial charge is 0.460 e. The lowest BCUT2D eigenvalue weighted by Gasteiger charge is -2.23. The summed E-state index contributed by atoms with van der Waals surface area (Å²) in [5, 5.41) is 7.02. The van der Waals surface area contributed by atoms with E-state index in [0.29, 0.717) is 24.7 Å². The maximum absolute atomic E-state index is 12.3. The van der Waals surface area contributed by atoms with Crippen molar-refractivity contribution < 1.29 is 14.1 Å². The highest BCUT2D eigenvalue weighted by Gasteiger charge is 2.26. The SMILES string of the molecule is CNCc1noc(C(CCCC2CCCCC2)CC(=O)OC(C)(C)C)n1. The fourth-order valence-corrected chi connectivity index (χ4v) is 3.69. The molecule has 1 aliphatic carbocycles. The van der Waals surface area contributed by atoms with Crippen molar-refractivity contribution in [3.8, 4) is 0 Å². The zero-order valence-corrected chi connectivity index (χ0v) is 16.8. The van der Waals surface area contributed by atoms with E-state index in [2.05, 4.69) is 15.5 Å². The zero-order valence-electron chi connectivity index (χ0n) is 16.8. The van der Waals surface area contributed by atoms with Crippen LogP contribution in [-0.4, -0.2) is 28.8 Å². The first kappa shape index (κ1) is 20.9. The molecule has 1 aliphatic rings. The predicted molar refractivity (Wildman–Crippen MR) is 101 cm³/mol. The summed E-state index contributed by atoms with van der Waals surface area (Å²) in [4.78, 5) is 16.8. The van der Waals surface area contributed by atoms with Crippen LogP contribution in [0.4, 0.5) is 0 Å². The highest BCUT2D eigenvalue weighted by atomic mass is 16.6. The summed E-state index contributed by atoms with van der Waals surface area (Å²) in [6.07, 6.45) is 10.3. The number of aromatic nitrogens is 2. The zero-order chi connectivity index (χ0) is 19.0. The Bertz CT molecular complexity index is 545. The van der Waals surface area contributed by atoms with E-state index in [9.17, 15) is 4.79 Å². The molecule has 1 unspecified atom stereocenters. The van der Waals surface area contributed by atoms with Gasteiger partial charge in [-0.2, -0.15) is 4.98 Å². The molecule has 148 valence electrons. The van der Waals surface area contributed by atoms with Crippen molar-refractivity contribution in [2.45, 2.75) is 96.6 Å². The molecule has 1 aromatic rings. The van der Waals surface area contributed by atoms with Crippen LogP contribution in [0, 0.1) is 5.92 Å². The van der Waals surface area contributed by atoms with E-state index in [4.69, 9.17) is 9.26 Å². The lowest BCUT2D eigenvalue weighted by atomic mass is 9.84. The fraction of sp³-hybridized carbons (Fsp3) is 0.850. The van der Waals surface area contributed by atoms with Crippen molar-refractivity contribution in [2.24, 2.45) is 5.92 Å². The molecule has 6 nitrogen and oxygen atoms in total. The van der Waals surface area contributed by atoms with E-state index in [1.165, 1.54) is 38.5 Å². The highest BCUT2D eigenvalue weighted by molar-refractivity contribution is 5.70. The molecule has 6 heteroatoms. The Hall–Kier alpha value is -1.43. The summed E-state index contributed by atoms with van der Waals surface area (Å²) in [6, 6.07) is 0. The molecule has 0 aliphatic heterocycles. The summed E-state index contributed by atoms with van der Waals surface area (Å²) >= 11 is 0. The van der Waals surface area contributed by atoms with Crippen molar-refractivity contribution in [3.05, 3.63) is 11.7 Å². The van der Waals surface area contributed by atoms with Crippen LogP contribution in [0.2, 0.25) is 0 Å². The van der Waals surface area contributed by atoms with E-state index in [1.54, 1.807) is 0 Å². The molecule has 1 N–H and O–H groups in total. The monoisotopic (exact) mass is 365 g/mol. The van der Waals surface area contributed by atoms with Gasteiger partial charge in [-0.25, -0.2) is 0 Å². The van der Waals surface area contributed by atoms with Gasteiger partial charge < -0.3 is 14.6 Å². The van der Waals surface area contributed by atoms with Gasteiger partial charge in [0.1, 0.15) is 5.60 Å². The standard InChI is InChI=1S/C20H35N3O3/c1-20(2,3)25-18(24)13-16(19-22-17(14-21-4)23-26-19)12-8-11-15-9-6-5-7-10-15/h15-16,21H,5-14H2,1-4H3. The Morgan fingerprint density at radius 3 is 2.69 bits per heavy atom. The summed E-state index contributed by atoms with van der Waals surface area (Å²) < 4.78 is 10.9. The minimum Gasteiger partial charge on any atom is -0.460 e. The quantitative estimate of drug-likeness (QED) is 0.655. The Labute approximate surface area is 157 Å². The molecule has 26 heavy (non-hydrogen) atoms. The van der Waals surface area contributed by atoms with Crippen molar-refractivity contribution in [1.82, 2.24) is 15.5 Å². The molecule has 0 amide bonds. The molecule has 1 aromatic heterocycles. The lowest BCUT2D eigenvalue weighted by molar-refractivity contribution is -0.155. The smallest absolute Gasteiger partial charge is 0.307 e. The summed E-state index contributed by atoms with van der Waals surface area (Å²) in [5.74, 6) is 1.77. The first-order chi connectivity index (χ1) is 12.4. The number of nitrogens with one attached hydrogen (secondary N) is 1. The van der Waals surface area contributed by atoms with Gasteiger partial charge in [-0.3, -0.25) is 4.79 Å². The topological polar surface area (TPSA) is 77.2 Å². The van der Waals surface area contributed by atoms with Gasteiger partial charge in [-0.15, -0.1) is 0 Å². The minimum atomic E-state index is -0.476. The molecule has 1 fully saturated rings. The molecule has 1 heterocycles. The summed E-state index contributed by atoms with van der Waals surface area (Å²) in [5.41, 5.74) is -0.476. The number of hydrogen-bond donors (Lipinski definition) is 1. The van der Waals surface area contributed by atoms with Gasteiger partial charge in [-0.1, -0.05) is 50.1 Å². The predicted octanol–water partition coefficient (Wildman–Crippen LogP) is 4.36. The maximum Gasteiger partial charge on any atom is 0.307 e. The van der Waals surface area contributed by atoms with Gasteiger partial charge in [0.05, 0.1) is 13.0 Å². The number of rotatable bonds is 9. The van der Waals surface area contributed by atoms with Crippen molar-refractivity contribution >= 4 is 5.97 Å². The Morgan fingerprint density at radius 1 is 1.31 bits per heavy atom. The van der Waals surface area contributed by atoms with Crippen LogP contribution in [0.15, 0.2) is 4.52 Å². The number of carbonyl (C=O) groups excluding carboxylic acids is 1. The molecule has 0 bridgehead atoms. The molecule has 2 rings (SSSR count). The van der Waals surface area contributed by atoms with Gasteiger partial charge in [0, 0.05) is 5.92 Å². The van der Waals surface area contributed by atoms with Crippen LogP contribution in [0.5, 0.6) is 0 Å². The second-order valence-corrected chi connectivity index (χ2v) is 8.50. The summed E-state index contributed by atoms with van der Waals surface area (Å²) in [7, 11) is 1.85. The summed E-state index contributed by atoms with van der Waals surface area (Å²) in [6.45, 7) is 6.23. The Kier molecular flexibility index (Phi) is 8.07. The molecule has 0 radical (unpaired) electrons. The second kappa shape index (κ2) is 10.0. The molecular formula is C20H35N3O3. The molecule has 1 atom stereocenters. The Morgan fingerprint density at radius 2 is 2.04 bits per heavy atom. The van der Waals surface area contributed by atoms with Crippen molar-refractivity contribution in [2.75, 3.05) is 7.05 Å². The van der Waals surface area contributed by atoms with E-state index >= 15 is 0 Å². The molecule has 1 saturated carbocycles. The van der Waals surface area contributed by atoms with Gasteiger partial charge in [0.2, 0.25) is 5.89 Å². The van der Waals surface area contributed by atoms with Gasteiger partial charge in [0.15, 0.2) is 5.82 Å². The van der Waals surface area contributed by atoms with Gasteiger partial charge in [0.25, 0.3) is 0 Å². The number of hydrogen-bond acceptors (Lipinski definition) is 6. The molecule has 0 spiro atoms. The van der Waals surface area contributed by atoms with Gasteiger partial charge >= 0.3 is 5.97 Å². The number of ether oxygens (including phenoxy) is 1. The first-order valence-electron chi connectivity index (χ1n) is 10.1. The van der Waals surface area contributed by atoms with Crippen LogP contribution >= 0.6 is 0 Å².